The fourth-order valence-electron chi connectivity index (χ4n) is 1.81. The highest BCUT2D eigenvalue weighted by Gasteiger charge is 2.20. The molecule has 2 rings (SSSR count). The first-order valence-corrected chi connectivity index (χ1v) is 4.56. The predicted octanol–water partition coefficient (Wildman–Crippen LogP) is 3.12. The third kappa shape index (κ3) is 1.21. The monoisotopic (exact) mass is 189 g/mol. The molecule has 1 aromatic rings. The molecular formula is C11H11NO2. The van der Waals surface area contributed by atoms with Gasteiger partial charge in [0.15, 0.2) is 0 Å². The van der Waals surface area contributed by atoms with Crippen molar-refractivity contribution in [2.45, 2.75) is 19.8 Å². The zero-order valence-electron chi connectivity index (χ0n) is 8.15. The molecule has 0 amide bonds. The van der Waals surface area contributed by atoms with E-state index in [1.54, 1.807) is 12.1 Å². The maximum atomic E-state index is 10.5. The first kappa shape index (κ1) is 8.94. The topological polar surface area (TPSA) is 43.1 Å². The Kier molecular flexibility index (Phi) is 1.88. The Balaban J connectivity index is 2.52. The quantitative estimate of drug-likeness (QED) is 0.503. The van der Waals surface area contributed by atoms with Gasteiger partial charge in [0.05, 0.1) is 4.92 Å². The lowest BCUT2D eigenvalue weighted by atomic mass is 9.99. The molecule has 0 bridgehead atoms. The number of fused-ring (bicyclic) bond motifs is 1. The molecule has 0 aliphatic heterocycles. The van der Waals surface area contributed by atoms with Crippen LogP contribution in [0.5, 0.6) is 0 Å². The van der Waals surface area contributed by atoms with E-state index in [9.17, 15) is 10.1 Å². The summed E-state index contributed by atoms with van der Waals surface area (Å²) in [6, 6.07) is 5.06. The molecule has 0 saturated heterocycles. The van der Waals surface area contributed by atoms with E-state index in [4.69, 9.17) is 0 Å². The van der Waals surface area contributed by atoms with Crippen LogP contribution in [0.25, 0.3) is 6.08 Å². The molecule has 0 fully saturated rings. The van der Waals surface area contributed by atoms with Gasteiger partial charge in [0.2, 0.25) is 0 Å². The number of allylic oxidation sites excluding steroid dienone is 1. The van der Waals surface area contributed by atoms with Gasteiger partial charge in [0.25, 0.3) is 5.69 Å². The van der Waals surface area contributed by atoms with Gasteiger partial charge in [-0.1, -0.05) is 24.6 Å². The molecule has 1 aliphatic carbocycles. The van der Waals surface area contributed by atoms with Crippen LogP contribution in [-0.4, -0.2) is 4.92 Å². The molecule has 0 saturated carbocycles. The Morgan fingerprint density at radius 1 is 1.43 bits per heavy atom. The summed E-state index contributed by atoms with van der Waals surface area (Å²) in [5, 5.41) is 10.5. The summed E-state index contributed by atoms with van der Waals surface area (Å²) in [6.45, 7) is 4.17. The Labute approximate surface area is 82.2 Å². The number of benzene rings is 1. The van der Waals surface area contributed by atoms with Gasteiger partial charge in [-0.25, -0.2) is 0 Å². The minimum atomic E-state index is -0.355. The van der Waals surface area contributed by atoms with E-state index >= 15 is 0 Å². The molecule has 0 aromatic heterocycles. The zero-order chi connectivity index (χ0) is 10.3. The van der Waals surface area contributed by atoms with Gasteiger partial charge in [-0.2, -0.15) is 0 Å². The summed E-state index contributed by atoms with van der Waals surface area (Å²) < 4.78 is 0. The van der Waals surface area contributed by atoms with Crippen LogP contribution in [0.3, 0.4) is 0 Å². The van der Waals surface area contributed by atoms with E-state index in [2.05, 4.69) is 13.8 Å². The smallest absolute Gasteiger partial charge is 0.258 e. The highest BCUT2D eigenvalue weighted by atomic mass is 16.6. The predicted molar refractivity (Wildman–Crippen MR) is 55.2 cm³/mol. The van der Waals surface area contributed by atoms with Crippen molar-refractivity contribution < 1.29 is 4.92 Å². The summed E-state index contributed by atoms with van der Waals surface area (Å²) >= 11 is 0. The average molecular weight is 189 g/mol. The zero-order valence-corrected chi connectivity index (χ0v) is 8.15. The number of non-ortho nitro benzene ring substituents is 1. The maximum Gasteiger partial charge on any atom is 0.270 e. The van der Waals surface area contributed by atoms with E-state index in [-0.39, 0.29) is 10.6 Å². The van der Waals surface area contributed by atoms with Crippen molar-refractivity contribution >= 4 is 11.8 Å². The van der Waals surface area contributed by atoms with E-state index in [0.717, 1.165) is 5.56 Å². The fraction of sp³-hybridized carbons (Fsp3) is 0.273. The molecule has 3 nitrogen and oxygen atoms in total. The summed E-state index contributed by atoms with van der Waals surface area (Å²) in [5.41, 5.74) is 3.61. The second-order valence-corrected chi connectivity index (χ2v) is 3.68. The number of nitro groups is 1. The Hall–Kier alpha value is -1.64. The van der Waals surface area contributed by atoms with Gasteiger partial charge in [-0.15, -0.1) is 0 Å². The third-order valence-electron chi connectivity index (χ3n) is 2.81. The summed E-state index contributed by atoms with van der Waals surface area (Å²) in [4.78, 5) is 10.2. The van der Waals surface area contributed by atoms with Crippen LogP contribution >= 0.6 is 0 Å². The van der Waals surface area contributed by atoms with Gasteiger partial charge < -0.3 is 0 Å². The van der Waals surface area contributed by atoms with Crippen LogP contribution < -0.4 is 0 Å². The maximum absolute atomic E-state index is 10.5. The second-order valence-electron chi connectivity index (χ2n) is 3.68. The molecule has 14 heavy (non-hydrogen) atoms. The number of nitro benzene ring substituents is 1. The Morgan fingerprint density at radius 3 is 2.79 bits per heavy atom. The standard InChI is InChI=1S/C11H11NO2/c1-7-5-9-6-10(12(13)14)3-4-11(9)8(7)2/h3-6,8H,1-2H3. The van der Waals surface area contributed by atoms with Crippen LogP contribution in [0, 0.1) is 10.1 Å². The molecule has 0 heterocycles. The fourth-order valence-corrected chi connectivity index (χ4v) is 1.81. The van der Waals surface area contributed by atoms with Crippen molar-refractivity contribution in [1.29, 1.82) is 0 Å². The third-order valence-corrected chi connectivity index (χ3v) is 2.81. The van der Waals surface area contributed by atoms with Crippen molar-refractivity contribution in [3.8, 4) is 0 Å². The number of nitrogens with zero attached hydrogens (tertiary/aromatic N) is 1. The average Bonchev–Trinajstić information content (AvgIpc) is 2.42. The van der Waals surface area contributed by atoms with Gasteiger partial charge in [0, 0.05) is 18.1 Å². The van der Waals surface area contributed by atoms with Crippen LogP contribution in [-0.2, 0) is 0 Å². The van der Waals surface area contributed by atoms with Gasteiger partial charge in [-0.3, -0.25) is 10.1 Å². The number of rotatable bonds is 1. The largest absolute Gasteiger partial charge is 0.270 e. The second kappa shape index (κ2) is 2.94. The molecule has 1 aliphatic rings. The van der Waals surface area contributed by atoms with Crippen molar-refractivity contribution in [2.75, 3.05) is 0 Å². The SMILES string of the molecule is CC1=Cc2cc([N+](=O)[O-])ccc2C1C. The van der Waals surface area contributed by atoms with Crippen molar-refractivity contribution in [3.63, 3.8) is 0 Å². The molecular weight excluding hydrogens is 178 g/mol. The minimum absolute atomic E-state index is 0.168. The molecule has 3 heteroatoms. The van der Waals surface area contributed by atoms with Gasteiger partial charge in [0.1, 0.15) is 0 Å². The van der Waals surface area contributed by atoms with E-state index < -0.39 is 0 Å². The van der Waals surface area contributed by atoms with Crippen molar-refractivity contribution in [2.24, 2.45) is 0 Å². The lowest BCUT2D eigenvalue weighted by molar-refractivity contribution is -0.384. The van der Waals surface area contributed by atoms with E-state index in [1.807, 2.05) is 12.1 Å². The normalized spacial score (nSPS) is 19.0. The molecule has 0 radical (unpaired) electrons. The molecule has 1 atom stereocenters. The molecule has 1 unspecified atom stereocenters. The molecule has 1 aromatic carbocycles. The van der Waals surface area contributed by atoms with Crippen molar-refractivity contribution in [3.05, 3.63) is 45.0 Å². The van der Waals surface area contributed by atoms with Crippen LogP contribution in [0.1, 0.15) is 30.9 Å². The van der Waals surface area contributed by atoms with Gasteiger partial charge >= 0.3 is 0 Å². The first-order chi connectivity index (χ1) is 6.59. The number of hydrogen-bond acceptors (Lipinski definition) is 2. The van der Waals surface area contributed by atoms with Crippen LogP contribution in [0.15, 0.2) is 23.8 Å². The molecule has 0 spiro atoms. The first-order valence-electron chi connectivity index (χ1n) is 4.56. The lowest BCUT2D eigenvalue weighted by Crippen LogP contribution is -1.92. The van der Waals surface area contributed by atoms with Crippen molar-refractivity contribution in [1.82, 2.24) is 0 Å². The molecule has 0 N–H and O–H groups in total. The minimum Gasteiger partial charge on any atom is -0.258 e. The van der Waals surface area contributed by atoms with E-state index in [0.29, 0.717) is 5.92 Å². The van der Waals surface area contributed by atoms with Crippen LogP contribution in [0.4, 0.5) is 5.69 Å². The highest BCUT2D eigenvalue weighted by Crippen LogP contribution is 2.36. The Morgan fingerprint density at radius 2 is 2.14 bits per heavy atom. The van der Waals surface area contributed by atoms with Gasteiger partial charge in [-0.05, 0) is 18.1 Å². The van der Waals surface area contributed by atoms with Crippen LogP contribution in [0.2, 0.25) is 0 Å². The summed E-state index contributed by atoms with van der Waals surface area (Å²) in [5.74, 6) is 0.394. The highest BCUT2D eigenvalue weighted by molar-refractivity contribution is 5.67. The lowest BCUT2D eigenvalue weighted by Gasteiger charge is -2.06. The summed E-state index contributed by atoms with van der Waals surface area (Å²) in [7, 11) is 0. The summed E-state index contributed by atoms with van der Waals surface area (Å²) in [6.07, 6.45) is 2.02. The number of hydrogen-bond donors (Lipinski definition) is 0. The Bertz CT molecular complexity index is 435. The molecule has 72 valence electrons. The van der Waals surface area contributed by atoms with E-state index in [1.165, 1.54) is 11.1 Å².